The molecule has 0 aliphatic rings. The van der Waals surface area contributed by atoms with Crippen LogP contribution in [0.3, 0.4) is 0 Å². The number of nitrogens with one attached hydrogen (secondary N) is 2. The molecule has 0 bridgehead atoms. The molecule has 0 atom stereocenters. The van der Waals surface area contributed by atoms with E-state index in [0.29, 0.717) is 43.1 Å². The molecule has 0 saturated carbocycles. The number of unbranched alkanes of at least 4 members (excludes halogenated alkanes) is 1. The fourth-order valence-corrected chi connectivity index (χ4v) is 4.85. The van der Waals surface area contributed by atoms with Gasteiger partial charge >= 0.3 is 0 Å². The lowest BCUT2D eigenvalue weighted by Crippen LogP contribution is -2.33. The molecule has 39 heavy (non-hydrogen) atoms. The van der Waals surface area contributed by atoms with Crippen LogP contribution in [0.25, 0.3) is 28.0 Å². The number of amides is 1. The van der Waals surface area contributed by atoms with Crippen molar-refractivity contribution in [2.75, 3.05) is 5.32 Å². The van der Waals surface area contributed by atoms with Crippen molar-refractivity contribution in [3.8, 4) is 17.0 Å². The monoisotopic (exact) mass is 597 g/mol. The van der Waals surface area contributed by atoms with Crippen LogP contribution in [0.15, 0.2) is 71.1 Å². The summed E-state index contributed by atoms with van der Waals surface area (Å²) in [7, 11) is 0. The smallest absolute Gasteiger partial charge is 0.293 e. The minimum absolute atomic E-state index is 0.0405. The van der Waals surface area contributed by atoms with Crippen LogP contribution in [0.2, 0.25) is 15.1 Å². The summed E-state index contributed by atoms with van der Waals surface area (Å²) >= 11 is 24.0. The first kappa shape index (κ1) is 27.1. The molecule has 0 saturated heterocycles. The molecule has 2 aromatic heterocycles. The maximum Gasteiger partial charge on any atom is 0.293 e. The summed E-state index contributed by atoms with van der Waals surface area (Å²) < 4.78 is 5.68. The van der Waals surface area contributed by atoms with Crippen molar-refractivity contribution in [2.24, 2.45) is 0 Å². The first-order valence-corrected chi connectivity index (χ1v) is 13.7. The van der Waals surface area contributed by atoms with E-state index in [-0.39, 0.29) is 10.9 Å². The van der Waals surface area contributed by atoms with Crippen LogP contribution in [0.1, 0.15) is 35.9 Å². The average molecular weight is 599 g/mol. The topological polar surface area (TPSA) is 85.0 Å². The third-order valence-corrected chi connectivity index (χ3v) is 7.02. The van der Waals surface area contributed by atoms with E-state index in [2.05, 4.69) is 39.9 Å². The van der Waals surface area contributed by atoms with Crippen molar-refractivity contribution < 1.29 is 9.21 Å². The zero-order valence-corrected chi connectivity index (χ0v) is 23.8. The molecule has 11 heteroatoms. The normalized spacial score (nSPS) is 11.1. The summed E-state index contributed by atoms with van der Waals surface area (Å²) in [5.41, 5.74) is 4.45. The Morgan fingerprint density at radius 3 is 2.41 bits per heavy atom. The quantitative estimate of drug-likeness (QED) is 0.184. The Labute approximate surface area is 245 Å². The fraction of sp³-hybridized carbons (Fsp3) is 0.143. The molecule has 2 heterocycles. The summed E-state index contributed by atoms with van der Waals surface area (Å²) in [5.74, 6) is -0.0485. The molecule has 0 fully saturated rings. The summed E-state index contributed by atoms with van der Waals surface area (Å²) in [5, 5.41) is 16.0. The molecule has 5 rings (SSSR count). The highest BCUT2D eigenvalue weighted by atomic mass is 35.5. The molecule has 2 N–H and O–H groups in total. The number of aromatic nitrogens is 3. The maximum atomic E-state index is 12.7. The summed E-state index contributed by atoms with van der Waals surface area (Å²) in [6.07, 6.45) is 3.35. The third kappa shape index (κ3) is 6.25. The van der Waals surface area contributed by atoms with Crippen molar-refractivity contribution in [2.45, 2.75) is 26.2 Å². The van der Waals surface area contributed by atoms with Crippen molar-refractivity contribution in [1.29, 1.82) is 0 Å². The SMILES string of the molecule is CCCCc1ccc(-n2nc3cc(Cl)c(NC(=S)NC(=O)c4ccc(-c5ccc(Cl)cc5Cl)o4)cc3n2)cc1. The lowest BCUT2D eigenvalue weighted by molar-refractivity contribution is 0.0951. The van der Waals surface area contributed by atoms with Crippen molar-refractivity contribution in [3.05, 3.63) is 93.1 Å². The van der Waals surface area contributed by atoms with Gasteiger partial charge in [-0.15, -0.1) is 10.2 Å². The molecule has 198 valence electrons. The Hall–Kier alpha value is -3.43. The van der Waals surface area contributed by atoms with E-state index in [0.717, 1.165) is 24.9 Å². The number of fused-ring (bicyclic) bond motifs is 1. The predicted molar refractivity (Wildman–Crippen MR) is 160 cm³/mol. The zero-order valence-electron chi connectivity index (χ0n) is 20.7. The number of hydrogen-bond donors (Lipinski definition) is 2. The van der Waals surface area contributed by atoms with Crippen LogP contribution in [-0.4, -0.2) is 26.0 Å². The lowest BCUT2D eigenvalue weighted by atomic mass is 10.1. The van der Waals surface area contributed by atoms with Gasteiger partial charge in [-0.25, -0.2) is 0 Å². The number of furan rings is 1. The van der Waals surface area contributed by atoms with E-state index in [1.54, 1.807) is 41.2 Å². The van der Waals surface area contributed by atoms with Crippen LogP contribution < -0.4 is 10.6 Å². The van der Waals surface area contributed by atoms with Crippen LogP contribution in [0.5, 0.6) is 0 Å². The third-order valence-electron chi connectivity index (χ3n) is 5.96. The second-order valence-electron chi connectivity index (χ2n) is 8.78. The van der Waals surface area contributed by atoms with E-state index < -0.39 is 5.91 Å². The van der Waals surface area contributed by atoms with Gasteiger partial charge in [-0.3, -0.25) is 10.1 Å². The number of hydrogen-bond acceptors (Lipinski definition) is 5. The van der Waals surface area contributed by atoms with E-state index in [4.69, 9.17) is 51.4 Å². The first-order valence-electron chi connectivity index (χ1n) is 12.1. The van der Waals surface area contributed by atoms with Gasteiger partial charge in [0.25, 0.3) is 5.91 Å². The Morgan fingerprint density at radius 1 is 0.949 bits per heavy atom. The second-order valence-corrected chi connectivity index (χ2v) is 10.4. The first-order chi connectivity index (χ1) is 18.8. The minimum atomic E-state index is -0.533. The van der Waals surface area contributed by atoms with Gasteiger partial charge in [-0.2, -0.15) is 4.80 Å². The van der Waals surface area contributed by atoms with Gasteiger partial charge in [0.2, 0.25) is 0 Å². The molecule has 0 aliphatic heterocycles. The minimum Gasteiger partial charge on any atom is -0.451 e. The highest BCUT2D eigenvalue weighted by molar-refractivity contribution is 7.80. The van der Waals surface area contributed by atoms with Gasteiger partial charge in [-0.05, 0) is 85.2 Å². The number of halogens is 3. The summed E-state index contributed by atoms with van der Waals surface area (Å²) in [6, 6.07) is 19.8. The van der Waals surface area contributed by atoms with E-state index in [1.807, 2.05) is 12.1 Å². The molecule has 1 amide bonds. The molecular formula is C28H22Cl3N5O2S. The van der Waals surface area contributed by atoms with Gasteiger partial charge in [0.1, 0.15) is 16.8 Å². The number of rotatable bonds is 7. The molecule has 0 spiro atoms. The number of benzene rings is 3. The largest absolute Gasteiger partial charge is 0.451 e. The van der Waals surface area contributed by atoms with Gasteiger partial charge in [-0.1, -0.05) is 60.3 Å². The zero-order chi connectivity index (χ0) is 27.5. The number of carbonyl (C=O) groups is 1. The predicted octanol–water partition coefficient (Wildman–Crippen LogP) is 8.11. The Kier molecular flexibility index (Phi) is 8.18. The summed E-state index contributed by atoms with van der Waals surface area (Å²) in [4.78, 5) is 14.3. The number of nitrogens with zero attached hydrogens (tertiary/aromatic N) is 3. The number of thiocarbonyl (C=S) groups is 1. The van der Waals surface area contributed by atoms with Gasteiger partial charge in [0.05, 0.1) is 21.4 Å². The molecule has 0 aliphatic carbocycles. The standard InChI is InChI=1S/C28H22Cl3N5O2S/c1-2-3-4-16-5-8-18(9-6-16)36-34-23-14-21(31)22(15-24(23)35-36)32-28(39)33-27(37)26-12-11-25(38-26)19-10-7-17(29)13-20(19)30/h5-15H,2-4H2,1H3,(H2,32,33,37,39). The molecule has 5 aromatic rings. The molecule has 7 nitrogen and oxygen atoms in total. The maximum absolute atomic E-state index is 12.7. The van der Waals surface area contributed by atoms with Crippen LogP contribution in [-0.2, 0) is 6.42 Å². The van der Waals surface area contributed by atoms with Crippen molar-refractivity contribution >= 4 is 74.8 Å². The molecule has 3 aromatic carbocycles. The van der Waals surface area contributed by atoms with Crippen molar-refractivity contribution in [1.82, 2.24) is 20.3 Å². The van der Waals surface area contributed by atoms with E-state index in [1.165, 1.54) is 11.6 Å². The van der Waals surface area contributed by atoms with Gasteiger partial charge < -0.3 is 9.73 Å². The number of anilines is 1. The summed E-state index contributed by atoms with van der Waals surface area (Å²) in [6.45, 7) is 2.18. The Morgan fingerprint density at radius 2 is 1.69 bits per heavy atom. The van der Waals surface area contributed by atoms with Crippen LogP contribution in [0, 0.1) is 0 Å². The van der Waals surface area contributed by atoms with Crippen LogP contribution in [0.4, 0.5) is 5.69 Å². The lowest BCUT2D eigenvalue weighted by Gasteiger charge is -2.10. The highest BCUT2D eigenvalue weighted by Gasteiger charge is 2.17. The van der Waals surface area contributed by atoms with Gasteiger partial charge in [0, 0.05) is 10.6 Å². The molecular weight excluding hydrogens is 577 g/mol. The average Bonchev–Trinajstić information content (AvgIpc) is 3.55. The van der Waals surface area contributed by atoms with Crippen molar-refractivity contribution in [3.63, 3.8) is 0 Å². The Balaban J connectivity index is 1.27. The molecule has 0 unspecified atom stereocenters. The number of carbonyl (C=O) groups excluding carboxylic acids is 1. The second kappa shape index (κ2) is 11.8. The fourth-order valence-electron chi connectivity index (χ4n) is 3.94. The van der Waals surface area contributed by atoms with E-state index >= 15 is 0 Å². The highest BCUT2D eigenvalue weighted by Crippen LogP contribution is 2.32. The van der Waals surface area contributed by atoms with Crippen LogP contribution >= 0.6 is 47.0 Å². The van der Waals surface area contributed by atoms with E-state index in [9.17, 15) is 4.79 Å². The Bertz CT molecular complexity index is 1680. The van der Waals surface area contributed by atoms with Gasteiger partial charge in [0.15, 0.2) is 10.9 Å². The molecule has 0 radical (unpaired) electrons. The number of aryl methyl sites for hydroxylation is 1.